The highest BCUT2D eigenvalue weighted by Gasteiger charge is 2.24. The molecule has 0 aliphatic heterocycles. The molecule has 2 aromatic carbocycles. The van der Waals surface area contributed by atoms with Crippen LogP contribution >= 0.6 is 11.8 Å². The van der Waals surface area contributed by atoms with E-state index in [1.165, 1.54) is 10.0 Å². The van der Waals surface area contributed by atoms with E-state index in [0.717, 1.165) is 10.3 Å². The highest BCUT2D eigenvalue weighted by Crippen LogP contribution is 2.30. The number of furan rings is 1. The van der Waals surface area contributed by atoms with Crippen molar-refractivity contribution in [1.29, 1.82) is 0 Å². The molecule has 0 spiro atoms. The van der Waals surface area contributed by atoms with Crippen molar-refractivity contribution in [3.8, 4) is 0 Å². The van der Waals surface area contributed by atoms with Crippen molar-refractivity contribution in [1.82, 2.24) is 3.97 Å². The number of thioether (sulfide) groups is 1. The maximum atomic E-state index is 13.4. The van der Waals surface area contributed by atoms with Crippen molar-refractivity contribution >= 4 is 38.7 Å². The van der Waals surface area contributed by atoms with Crippen LogP contribution in [-0.2, 0) is 16.4 Å². The van der Waals surface area contributed by atoms with Gasteiger partial charge < -0.3 is 9.52 Å². The molecule has 0 unspecified atom stereocenters. The lowest BCUT2D eigenvalue weighted by atomic mass is 10.2. The fourth-order valence-electron chi connectivity index (χ4n) is 3.22. The Morgan fingerprint density at radius 3 is 2.48 bits per heavy atom. The Morgan fingerprint density at radius 2 is 1.83 bits per heavy atom. The summed E-state index contributed by atoms with van der Waals surface area (Å²) in [5, 5.41) is 9.86. The van der Waals surface area contributed by atoms with Gasteiger partial charge in [0, 0.05) is 22.4 Å². The zero-order valence-corrected chi connectivity index (χ0v) is 17.0. The first kappa shape index (κ1) is 19.4. The summed E-state index contributed by atoms with van der Waals surface area (Å²) < 4.78 is 33.5. The zero-order chi connectivity index (χ0) is 20.6. The lowest BCUT2D eigenvalue weighted by Gasteiger charge is -2.12. The number of aromatic nitrogens is 1. The predicted octanol–water partition coefficient (Wildman–Crippen LogP) is 4.48. The average molecular weight is 428 g/mol. The SMILES string of the molecule is CSc1ccc2c(c1)cc(Cc1ccc(C(=O)O)o1)n2S(=O)(=O)c1ccccc1. The highest BCUT2D eigenvalue weighted by molar-refractivity contribution is 7.98. The predicted molar refractivity (Wildman–Crippen MR) is 111 cm³/mol. The van der Waals surface area contributed by atoms with Crippen molar-refractivity contribution < 1.29 is 22.7 Å². The van der Waals surface area contributed by atoms with Gasteiger partial charge in [-0.25, -0.2) is 17.2 Å². The first-order chi connectivity index (χ1) is 13.9. The molecule has 29 heavy (non-hydrogen) atoms. The molecule has 8 heteroatoms. The summed E-state index contributed by atoms with van der Waals surface area (Å²) in [5.74, 6) is -0.976. The molecule has 0 fully saturated rings. The average Bonchev–Trinajstić information content (AvgIpc) is 3.32. The standard InChI is InChI=1S/C21H17NO5S2/c1-28-17-8-9-19-14(12-17)11-15(13-16-7-10-20(27-16)21(23)24)22(19)29(25,26)18-5-3-2-4-6-18/h2-12H,13H2,1H3,(H,23,24). The highest BCUT2D eigenvalue weighted by atomic mass is 32.2. The molecule has 0 radical (unpaired) electrons. The molecule has 0 amide bonds. The Labute approximate surface area is 171 Å². The van der Waals surface area contributed by atoms with E-state index in [2.05, 4.69) is 0 Å². The molecular formula is C21H17NO5S2. The van der Waals surface area contributed by atoms with Crippen LogP contribution in [0.1, 0.15) is 22.0 Å². The Morgan fingerprint density at radius 1 is 1.07 bits per heavy atom. The minimum atomic E-state index is -3.85. The van der Waals surface area contributed by atoms with Crippen molar-refractivity contribution in [2.24, 2.45) is 0 Å². The number of carboxylic acids is 1. The first-order valence-corrected chi connectivity index (χ1v) is 11.4. The van der Waals surface area contributed by atoms with E-state index >= 15 is 0 Å². The molecule has 0 saturated heterocycles. The Hall–Kier alpha value is -2.97. The summed E-state index contributed by atoms with van der Waals surface area (Å²) in [6, 6.07) is 18.5. The molecule has 0 atom stereocenters. The fourth-order valence-corrected chi connectivity index (χ4v) is 5.24. The van der Waals surface area contributed by atoms with Gasteiger partial charge in [-0.05, 0) is 54.8 Å². The number of aromatic carboxylic acids is 1. The van der Waals surface area contributed by atoms with Gasteiger partial charge in [-0.15, -0.1) is 11.8 Å². The van der Waals surface area contributed by atoms with Crippen LogP contribution in [0.4, 0.5) is 0 Å². The summed E-state index contributed by atoms with van der Waals surface area (Å²) >= 11 is 1.57. The molecule has 0 aliphatic rings. The number of rotatable bonds is 6. The minimum Gasteiger partial charge on any atom is -0.475 e. The second kappa shape index (κ2) is 7.46. The van der Waals surface area contributed by atoms with Gasteiger partial charge in [0.25, 0.3) is 10.0 Å². The lowest BCUT2D eigenvalue weighted by Crippen LogP contribution is -2.15. The molecular weight excluding hydrogens is 410 g/mol. The third-order valence-corrected chi connectivity index (χ3v) is 7.05. The van der Waals surface area contributed by atoms with Crippen LogP contribution in [0.3, 0.4) is 0 Å². The van der Waals surface area contributed by atoms with Crippen LogP contribution < -0.4 is 0 Å². The van der Waals surface area contributed by atoms with Crippen LogP contribution in [0.25, 0.3) is 10.9 Å². The summed E-state index contributed by atoms with van der Waals surface area (Å²) in [6.45, 7) is 0. The second-order valence-corrected chi connectivity index (χ2v) is 9.06. The summed E-state index contributed by atoms with van der Waals surface area (Å²) in [7, 11) is -3.85. The molecule has 0 saturated carbocycles. The van der Waals surface area contributed by atoms with Crippen LogP contribution in [0.5, 0.6) is 0 Å². The van der Waals surface area contributed by atoms with E-state index in [9.17, 15) is 13.2 Å². The van der Waals surface area contributed by atoms with Gasteiger partial charge in [0.2, 0.25) is 5.76 Å². The maximum Gasteiger partial charge on any atom is 0.371 e. The number of hydrogen-bond acceptors (Lipinski definition) is 5. The van der Waals surface area contributed by atoms with Gasteiger partial charge in [0.1, 0.15) is 5.76 Å². The van der Waals surface area contributed by atoms with Crippen LogP contribution in [0.2, 0.25) is 0 Å². The third-order valence-electron chi connectivity index (χ3n) is 4.55. The van der Waals surface area contributed by atoms with Gasteiger partial charge in [0.15, 0.2) is 0 Å². The largest absolute Gasteiger partial charge is 0.475 e. The van der Waals surface area contributed by atoms with E-state index in [1.807, 2.05) is 18.4 Å². The van der Waals surface area contributed by atoms with E-state index < -0.39 is 16.0 Å². The summed E-state index contributed by atoms with van der Waals surface area (Å²) in [6.07, 6.45) is 2.10. The van der Waals surface area contributed by atoms with E-state index in [-0.39, 0.29) is 17.1 Å². The Balaban J connectivity index is 1.90. The molecule has 4 rings (SSSR count). The number of carbonyl (C=O) groups is 1. The second-order valence-electron chi connectivity index (χ2n) is 6.39. The van der Waals surface area contributed by atoms with Crippen molar-refractivity contribution in [3.05, 3.63) is 83.9 Å². The normalized spacial score (nSPS) is 11.8. The molecule has 0 aliphatic carbocycles. The van der Waals surface area contributed by atoms with Gasteiger partial charge in [-0.1, -0.05) is 18.2 Å². The number of hydrogen-bond donors (Lipinski definition) is 1. The Bertz CT molecular complexity index is 1300. The van der Waals surface area contributed by atoms with Gasteiger partial charge in [-0.2, -0.15) is 0 Å². The number of carboxylic acid groups (broad SMARTS) is 1. The Kier molecular flexibility index (Phi) is 4.97. The van der Waals surface area contributed by atoms with Crippen molar-refractivity contribution in [2.75, 3.05) is 6.26 Å². The fraction of sp³-hybridized carbons (Fsp3) is 0.0952. The molecule has 2 aromatic heterocycles. The van der Waals surface area contributed by atoms with Gasteiger partial charge in [0.05, 0.1) is 10.4 Å². The zero-order valence-electron chi connectivity index (χ0n) is 15.4. The molecule has 4 aromatic rings. The number of fused-ring (bicyclic) bond motifs is 1. The van der Waals surface area contributed by atoms with Gasteiger partial charge in [-0.3, -0.25) is 0 Å². The molecule has 0 bridgehead atoms. The molecule has 2 heterocycles. The topological polar surface area (TPSA) is 89.5 Å². The lowest BCUT2D eigenvalue weighted by molar-refractivity contribution is 0.0660. The quantitative estimate of drug-likeness (QED) is 0.456. The van der Waals surface area contributed by atoms with E-state index in [0.29, 0.717) is 17.0 Å². The number of benzene rings is 2. The first-order valence-electron chi connectivity index (χ1n) is 8.71. The molecule has 6 nitrogen and oxygen atoms in total. The minimum absolute atomic E-state index is 0.141. The number of nitrogens with zero attached hydrogens (tertiary/aromatic N) is 1. The van der Waals surface area contributed by atoms with Crippen LogP contribution in [0, 0.1) is 0 Å². The molecule has 1 N–H and O–H groups in total. The molecule has 148 valence electrons. The van der Waals surface area contributed by atoms with Gasteiger partial charge >= 0.3 is 5.97 Å². The van der Waals surface area contributed by atoms with E-state index in [4.69, 9.17) is 9.52 Å². The van der Waals surface area contributed by atoms with Crippen LogP contribution in [0.15, 0.2) is 80.9 Å². The monoisotopic (exact) mass is 427 g/mol. The van der Waals surface area contributed by atoms with Crippen LogP contribution in [-0.4, -0.2) is 29.7 Å². The smallest absolute Gasteiger partial charge is 0.371 e. The maximum absolute atomic E-state index is 13.4. The third kappa shape index (κ3) is 3.56. The van der Waals surface area contributed by atoms with Crippen molar-refractivity contribution in [2.45, 2.75) is 16.2 Å². The summed E-state index contributed by atoms with van der Waals surface area (Å²) in [4.78, 5) is 12.3. The van der Waals surface area contributed by atoms with Crippen molar-refractivity contribution in [3.63, 3.8) is 0 Å². The summed E-state index contributed by atoms with van der Waals surface area (Å²) in [5.41, 5.74) is 1.06. The van der Waals surface area contributed by atoms with E-state index in [1.54, 1.807) is 60.3 Å².